The van der Waals surface area contributed by atoms with Gasteiger partial charge in [0.05, 0.1) is 40.2 Å². The molecule has 0 saturated heterocycles. The van der Waals surface area contributed by atoms with E-state index in [0.29, 0.717) is 22.2 Å². The molecule has 1 aliphatic heterocycles. The zero-order valence-electron chi connectivity index (χ0n) is 17.8. The van der Waals surface area contributed by atoms with Crippen LogP contribution in [0.15, 0.2) is 81.6 Å². The van der Waals surface area contributed by atoms with E-state index in [1.54, 1.807) is 19.1 Å². The largest absolute Gasteiger partial charge is 0.468 e. The fourth-order valence-electron chi connectivity index (χ4n) is 3.31. The highest BCUT2D eigenvalue weighted by atomic mass is 32.2. The Bertz CT molecular complexity index is 1130. The first-order valence-electron chi connectivity index (χ1n) is 9.87. The molecule has 32 heavy (non-hydrogen) atoms. The molecule has 1 aliphatic rings. The summed E-state index contributed by atoms with van der Waals surface area (Å²) in [4.78, 5) is 25.2. The second-order valence-electron chi connectivity index (χ2n) is 7.06. The van der Waals surface area contributed by atoms with Gasteiger partial charge in [-0.3, -0.25) is 4.79 Å². The van der Waals surface area contributed by atoms with E-state index in [-0.39, 0.29) is 29.4 Å². The van der Waals surface area contributed by atoms with Crippen LogP contribution < -0.4 is 10.6 Å². The molecule has 0 aliphatic carbocycles. The summed E-state index contributed by atoms with van der Waals surface area (Å²) in [7, 11) is 0. The third-order valence-corrected chi connectivity index (χ3v) is 5.69. The summed E-state index contributed by atoms with van der Waals surface area (Å²) < 4.78 is 10.8. The monoisotopic (exact) mass is 449 g/mol. The molecule has 7 nitrogen and oxygen atoms in total. The lowest BCUT2D eigenvalue weighted by atomic mass is 9.86. The third-order valence-electron chi connectivity index (χ3n) is 4.68. The van der Waals surface area contributed by atoms with E-state index in [4.69, 9.17) is 9.15 Å². The number of furan rings is 1. The molecule has 2 aromatic rings. The highest BCUT2D eigenvalue weighted by molar-refractivity contribution is 8.03. The molecule has 3 rings (SSSR count). The Balaban J connectivity index is 1.84. The van der Waals surface area contributed by atoms with Crippen LogP contribution in [0.1, 0.15) is 24.2 Å². The quantitative estimate of drug-likeness (QED) is 0.455. The Morgan fingerprint density at radius 2 is 2.16 bits per heavy atom. The number of thioether (sulfide) groups is 1. The zero-order chi connectivity index (χ0) is 23.1. The number of benzene rings is 1. The number of carbonyl (C=O) groups is 2. The molecule has 2 N–H and O–H groups in total. The number of amides is 1. The molecule has 1 aromatic heterocycles. The van der Waals surface area contributed by atoms with E-state index in [1.807, 2.05) is 31.2 Å². The molecule has 1 atom stereocenters. The Labute approximate surface area is 190 Å². The number of carbonyl (C=O) groups excluding carboxylic acids is 2. The van der Waals surface area contributed by atoms with Gasteiger partial charge in [0.2, 0.25) is 5.91 Å². The lowest BCUT2D eigenvalue weighted by molar-refractivity contribution is -0.138. The topological polar surface area (TPSA) is 104 Å². The van der Waals surface area contributed by atoms with Crippen molar-refractivity contribution in [2.24, 2.45) is 0 Å². The SMILES string of the molecule is C=CCOC(=O)C1=C(C)NC(SCC(=O)Nc2cccc(C)c2)=C(C#N)[C@H]1c1ccco1. The number of nitriles is 1. The van der Waals surface area contributed by atoms with Crippen molar-refractivity contribution in [3.05, 3.63) is 88.5 Å². The van der Waals surface area contributed by atoms with Gasteiger partial charge < -0.3 is 19.8 Å². The van der Waals surface area contributed by atoms with Crippen LogP contribution in [0, 0.1) is 18.3 Å². The van der Waals surface area contributed by atoms with E-state index < -0.39 is 11.9 Å². The van der Waals surface area contributed by atoms with Crippen molar-refractivity contribution in [2.75, 3.05) is 17.7 Å². The molecule has 0 unspecified atom stereocenters. The van der Waals surface area contributed by atoms with E-state index in [1.165, 1.54) is 24.1 Å². The minimum atomic E-state index is -0.740. The lowest BCUT2D eigenvalue weighted by Gasteiger charge is -2.27. The highest BCUT2D eigenvalue weighted by Crippen LogP contribution is 2.41. The number of esters is 1. The van der Waals surface area contributed by atoms with Crippen molar-refractivity contribution < 1.29 is 18.7 Å². The molecular formula is C24H23N3O4S. The first-order chi connectivity index (χ1) is 15.4. The van der Waals surface area contributed by atoms with Crippen LogP contribution in [0.4, 0.5) is 5.69 Å². The van der Waals surface area contributed by atoms with E-state index in [0.717, 1.165) is 5.56 Å². The van der Waals surface area contributed by atoms with Gasteiger partial charge in [-0.1, -0.05) is 36.5 Å². The van der Waals surface area contributed by atoms with Gasteiger partial charge in [0.1, 0.15) is 12.4 Å². The van der Waals surface area contributed by atoms with Gasteiger partial charge in [0.15, 0.2) is 0 Å². The maximum absolute atomic E-state index is 12.7. The van der Waals surface area contributed by atoms with Crippen molar-refractivity contribution in [3.63, 3.8) is 0 Å². The van der Waals surface area contributed by atoms with Crippen molar-refractivity contribution in [1.82, 2.24) is 5.32 Å². The smallest absolute Gasteiger partial charge is 0.337 e. The number of dihydropyridines is 1. The summed E-state index contributed by atoms with van der Waals surface area (Å²) in [5, 5.41) is 16.4. The van der Waals surface area contributed by atoms with Gasteiger partial charge in [-0.15, -0.1) is 0 Å². The predicted molar refractivity (Wildman–Crippen MR) is 123 cm³/mol. The summed E-state index contributed by atoms with van der Waals surface area (Å²) in [5.41, 5.74) is 2.84. The second kappa shape index (κ2) is 10.6. The number of rotatable bonds is 8. The highest BCUT2D eigenvalue weighted by Gasteiger charge is 2.37. The van der Waals surface area contributed by atoms with Gasteiger partial charge in [-0.2, -0.15) is 5.26 Å². The van der Waals surface area contributed by atoms with Crippen LogP contribution in [-0.2, 0) is 14.3 Å². The molecular weight excluding hydrogens is 426 g/mol. The van der Waals surface area contributed by atoms with Gasteiger partial charge in [-0.25, -0.2) is 4.79 Å². The number of anilines is 1. The van der Waals surface area contributed by atoms with E-state index in [2.05, 4.69) is 23.3 Å². The second-order valence-corrected chi connectivity index (χ2v) is 8.05. The maximum atomic E-state index is 12.7. The third kappa shape index (κ3) is 5.31. The number of hydrogen-bond acceptors (Lipinski definition) is 7. The predicted octanol–water partition coefficient (Wildman–Crippen LogP) is 4.39. The van der Waals surface area contributed by atoms with Crippen LogP contribution >= 0.6 is 11.8 Å². The summed E-state index contributed by atoms with van der Waals surface area (Å²) in [6.45, 7) is 7.27. The Hall–Kier alpha value is -3.70. The molecule has 0 radical (unpaired) electrons. The van der Waals surface area contributed by atoms with Gasteiger partial charge in [0.25, 0.3) is 0 Å². The van der Waals surface area contributed by atoms with E-state index in [9.17, 15) is 14.9 Å². The standard InChI is InChI=1S/C24H23N3O4S/c1-4-10-31-24(29)21-16(3)26-23(18(13-25)22(21)19-9-6-11-30-19)32-14-20(28)27-17-8-5-7-15(2)12-17/h4-9,11-12,22,26H,1,10,14H2,2-3H3,(H,27,28)/t22-/m0/s1. The van der Waals surface area contributed by atoms with Crippen LogP contribution in [0.5, 0.6) is 0 Å². The van der Waals surface area contributed by atoms with Crippen molar-refractivity contribution in [2.45, 2.75) is 19.8 Å². The Morgan fingerprint density at radius 1 is 1.34 bits per heavy atom. The Morgan fingerprint density at radius 3 is 2.81 bits per heavy atom. The maximum Gasteiger partial charge on any atom is 0.337 e. The van der Waals surface area contributed by atoms with Crippen LogP contribution in [0.25, 0.3) is 0 Å². The molecule has 2 heterocycles. The molecule has 0 saturated carbocycles. The van der Waals surface area contributed by atoms with Gasteiger partial charge >= 0.3 is 5.97 Å². The minimum Gasteiger partial charge on any atom is -0.468 e. The van der Waals surface area contributed by atoms with Crippen molar-refractivity contribution >= 4 is 29.3 Å². The summed E-state index contributed by atoms with van der Waals surface area (Å²) in [6.07, 6.45) is 2.96. The van der Waals surface area contributed by atoms with Crippen LogP contribution in [-0.4, -0.2) is 24.2 Å². The summed E-state index contributed by atoms with van der Waals surface area (Å²) in [5.74, 6) is -0.994. The molecule has 8 heteroatoms. The van der Waals surface area contributed by atoms with Crippen molar-refractivity contribution in [1.29, 1.82) is 5.26 Å². The first-order valence-corrected chi connectivity index (χ1v) is 10.9. The van der Waals surface area contributed by atoms with E-state index >= 15 is 0 Å². The number of nitrogens with one attached hydrogen (secondary N) is 2. The molecule has 0 spiro atoms. The average Bonchev–Trinajstić information content (AvgIpc) is 3.30. The van der Waals surface area contributed by atoms with Gasteiger partial charge in [-0.05, 0) is 43.7 Å². The fraction of sp³-hybridized carbons (Fsp3) is 0.208. The number of ether oxygens (including phenoxy) is 1. The number of aryl methyl sites for hydroxylation is 1. The average molecular weight is 450 g/mol. The molecule has 1 amide bonds. The first kappa shape index (κ1) is 23.0. The normalized spacial score (nSPS) is 15.6. The van der Waals surface area contributed by atoms with Crippen LogP contribution in [0.3, 0.4) is 0 Å². The molecule has 0 bridgehead atoms. The number of allylic oxidation sites excluding steroid dienone is 2. The lowest BCUT2D eigenvalue weighted by Crippen LogP contribution is -2.29. The molecule has 0 fully saturated rings. The van der Waals surface area contributed by atoms with Gasteiger partial charge in [0, 0.05) is 11.4 Å². The summed E-state index contributed by atoms with van der Waals surface area (Å²) in [6, 6.07) is 13.1. The number of hydrogen-bond donors (Lipinski definition) is 2. The Kier molecular flexibility index (Phi) is 7.58. The minimum absolute atomic E-state index is 0.0484. The zero-order valence-corrected chi connectivity index (χ0v) is 18.6. The molecule has 1 aromatic carbocycles. The van der Waals surface area contributed by atoms with Crippen LogP contribution in [0.2, 0.25) is 0 Å². The fourth-order valence-corrected chi connectivity index (χ4v) is 4.20. The number of nitrogens with zero attached hydrogens (tertiary/aromatic N) is 1. The molecule has 164 valence electrons. The van der Waals surface area contributed by atoms with Crippen molar-refractivity contribution in [3.8, 4) is 6.07 Å². The summed E-state index contributed by atoms with van der Waals surface area (Å²) >= 11 is 1.19.